The monoisotopic (exact) mass is 292 g/mol. The first-order valence-electron chi connectivity index (χ1n) is 7.22. The lowest BCUT2D eigenvalue weighted by atomic mass is 9.86. The number of carbonyl (C=O) groups is 1. The zero-order valence-electron chi connectivity index (χ0n) is 11.8. The molecule has 1 fully saturated rings. The average Bonchev–Trinajstić information content (AvgIpc) is 2.48. The van der Waals surface area contributed by atoms with Crippen molar-refractivity contribution in [1.29, 1.82) is 0 Å². The SMILES string of the molecule is O=C(Cc1cccc([N+](=O)[O-])c1)NC1CCC(CO)CC1. The normalized spacial score (nSPS) is 21.8. The van der Waals surface area contributed by atoms with Gasteiger partial charge in [-0.3, -0.25) is 14.9 Å². The molecule has 0 aromatic heterocycles. The highest BCUT2D eigenvalue weighted by Gasteiger charge is 2.21. The first-order chi connectivity index (χ1) is 10.1. The predicted octanol–water partition coefficient (Wildman–Crippen LogP) is 1.80. The van der Waals surface area contributed by atoms with Crippen LogP contribution in [0.4, 0.5) is 5.69 Å². The van der Waals surface area contributed by atoms with Gasteiger partial charge >= 0.3 is 0 Å². The predicted molar refractivity (Wildman–Crippen MR) is 77.8 cm³/mol. The van der Waals surface area contributed by atoms with Gasteiger partial charge in [0.1, 0.15) is 0 Å². The van der Waals surface area contributed by atoms with Crippen molar-refractivity contribution in [3.05, 3.63) is 39.9 Å². The summed E-state index contributed by atoms with van der Waals surface area (Å²) in [5.74, 6) is 0.248. The summed E-state index contributed by atoms with van der Waals surface area (Å²) in [5.41, 5.74) is 0.648. The number of nitrogens with zero attached hydrogens (tertiary/aromatic N) is 1. The summed E-state index contributed by atoms with van der Waals surface area (Å²) in [5, 5.41) is 22.8. The van der Waals surface area contributed by atoms with E-state index >= 15 is 0 Å². The molecule has 1 aromatic carbocycles. The Bertz CT molecular complexity index is 510. The van der Waals surface area contributed by atoms with Gasteiger partial charge in [0.2, 0.25) is 5.91 Å². The fourth-order valence-corrected chi connectivity index (χ4v) is 2.73. The van der Waals surface area contributed by atoms with E-state index in [2.05, 4.69) is 5.32 Å². The lowest BCUT2D eigenvalue weighted by Crippen LogP contribution is -2.38. The summed E-state index contributed by atoms with van der Waals surface area (Å²) in [4.78, 5) is 22.2. The summed E-state index contributed by atoms with van der Waals surface area (Å²) < 4.78 is 0. The van der Waals surface area contributed by atoms with Gasteiger partial charge in [-0.05, 0) is 37.2 Å². The Morgan fingerprint density at radius 2 is 2.05 bits per heavy atom. The number of nitro groups is 1. The van der Waals surface area contributed by atoms with Crippen LogP contribution in [0, 0.1) is 16.0 Å². The number of nitrogens with one attached hydrogen (secondary N) is 1. The average molecular weight is 292 g/mol. The van der Waals surface area contributed by atoms with Crippen LogP contribution in [0.1, 0.15) is 31.2 Å². The third kappa shape index (κ3) is 4.53. The molecule has 0 atom stereocenters. The van der Waals surface area contributed by atoms with E-state index in [1.165, 1.54) is 12.1 Å². The lowest BCUT2D eigenvalue weighted by molar-refractivity contribution is -0.384. The maximum atomic E-state index is 12.0. The van der Waals surface area contributed by atoms with Gasteiger partial charge in [0.15, 0.2) is 0 Å². The molecule has 1 aliphatic rings. The molecule has 0 spiro atoms. The molecule has 1 amide bonds. The van der Waals surface area contributed by atoms with Crippen LogP contribution in [0.15, 0.2) is 24.3 Å². The lowest BCUT2D eigenvalue weighted by Gasteiger charge is -2.27. The van der Waals surface area contributed by atoms with Crippen LogP contribution in [-0.2, 0) is 11.2 Å². The number of aliphatic hydroxyl groups excluding tert-OH is 1. The van der Waals surface area contributed by atoms with E-state index in [0.717, 1.165) is 25.7 Å². The molecule has 1 saturated carbocycles. The number of non-ortho nitro benzene ring substituents is 1. The summed E-state index contributed by atoms with van der Waals surface area (Å²) in [6.07, 6.45) is 3.77. The Morgan fingerprint density at radius 1 is 1.33 bits per heavy atom. The zero-order valence-corrected chi connectivity index (χ0v) is 11.8. The number of hydrogen-bond acceptors (Lipinski definition) is 4. The molecule has 6 nitrogen and oxygen atoms in total. The van der Waals surface area contributed by atoms with E-state index < -0.39 is 4.92 Å². The quantitative estimate of drug-likeness (QED) is 0.639. The third-order valence-electron chi connectivity index (χ3n) is 3.96. The van der Waals surface area contributed by atoms with Crippen molar-refractivity contribution in [3.8, 4) is 0 Å². The van der Waals surface area contributed by atoms with Crippen LogP contribution in [0.3, 0.4) is 0 Å². The van der Waals surface area contributed by atoms with Crippen LogP contribution in [-0.4, -0.2) is 28.6 Å². The molecule has 6 heteroatoms. The van der Waals surface area contributed by atoms with Gasteiger partial charge in [-0.2, -0.15) is 0 Å². The van der Waals surface area contributed by atoms with E-state index in [1.54, 1.807) is 12.1 Å². The van der Waals surface area contributed by atoms with Crippen LogP contribution in [0.2, 0.25) is 0 Å². The van der Waals surface area contributed by atoms with Gasteiger partial charge in [-0.1, -0.05) is 12.1 Å². The fraction of sp³-hybridized carbons (Fsp3) is 0.533. The second kappa shape index (κ2) is 7.17. The molecule has 0 unspecified atom stereocenters. The molecular weight excluding hydrogens is 272 g/mol. The van der Waals surface area contributed by atoms with Crippen molar-refractivity contribution >= 4 is 11.6 Å². The first-order valence-corrected chi connectivity index (χ1v) is 7.22. The van der Waals surface area contributed by atoms with Crippen molar-refractivity contribution in [1.82, 2.24) is 5.32 Å². The van der Waals surface area contributed by atoms with Gasteiger partial charge in [0.05, 0.1) is 11.3 Å². The molecule has 114 valence electrons. The minimum absolute atomic E-state index is 0.00348. The second-order valence-electron chi connectivity index (χ2n) is 5.57. The Hall–Kier alpha value is -1.95. The van der Waals surface area contributed by atoms with Crippen molar-refractivity contribution in [2.24, 2.45) is 5.92 Å². The highest BCUT2D eigenvalue weighted by molar-refractivity contribution is 5.79. The Balaban J connectivity index is 1.85. The number of carbonyl (C=O) groups excluding carboxylic acids is 1. The molecule has 1 aliphatic carbocycles. The van der Waals surface area contributed by atoms with Crippen LogP contribution >= 0.6 is 0 Å². The van der Waals surface area contributed by atoms with Crippen LogP contribution in [0.5, 0.6) is 0 Å². The minimum atomic E-state index is -0.461. The fourth-order valence-electron chi connectivity index (χ4n) is 2.73. The van der Waals surface area contributed by atoms with Gasteiger partial charge in [0.25, 0.3) is 5.69 Å². The van der Waals surface area contributed by atoms with Crippen LogP contribution in [0.25, 0.3) is 0 Å². The first kappa shape index (κ1) is 15.4. The number of aliphatic hydroxyl groups is 1. The molecule has 21 heavy (non-hydrogen) atoms. The second-order valence-corrected chi connectivity index (χ2v) is 5.57. The number of nitro benzene ring substituents is 1. The minimum Gasteiger partial charge on any atom is -0.396 e. The van der Waals surface area contributed by atoms with Crippen molar-refractivity contribution in [3.63, 3.8) is 0 Å². The highest BCUT2D eigenvalue weighted by atomic mass is 16.6. The van der Waals surface area contributed by atoms with E-state index in [4.69, 9.17) is 5.11 Å². The summed E-state index contributed by atoms with van der Waals surface area (Å²) in [7, 11) is 0. The van der Waals surface area contributed by atoms with Gasteiger partial charge < -0.3 is 10.4 Å². The van der Waals surface area contributed by atoms with Gasteiger partial charge in [-0.25, -0.2) is 0 Å². The standard InChI is InChI=1S/C15H20N2O4/c18-10-11-4-6-13(7-5-11)16-15(19)9-12-2-1-3-14(8-12)17(20)21/h1-3,8,11,13,18H,4-7,9-10H2,(H,16,19). The smallest absolute Gasteiger partial charge is 0.269 e. The van der Waals surface area contributed by atoms with E-state index in [1.807, 2.05) is 0 Å². The number of benzene rings is 1. The Morgan fingerprint density at radius 3 is 2.67 bits per heavy atom. The Kier molecular flexibility index (Phi) is 5.27. The molecule has 0 saturated heterocycles. The molecule has 0 radical (unpaired) electrons. The largest absolute Gasteiger partial charge is 0.396 e. The summed E-state index contributed by atoms with van der Waals surface area (Å²) >= 11 is 0. The van der Waals surface area contributed by atoms with E-state index in [0.29, 0.717) is 11.5 Å². The van der Waals surface area contributed by atoms with Crippen LogP contribution < -0.4 is 5.32 Å². The number of hydrogen-bond donors (Lipinski definition) is 2. The van der Waals surface area contributed by atoms with Gasteiger partial charge in [0, 0.05) is 24.8 Å². The summed E-state index contributed by atoms with van der Waals surface area (Å²) in [6, 6.07) is 6.31. The Labute approximate surface area is 123 Å². The summed E-state index contributed by atoms with van der Waals surface area (Å²) in [6.45, 7) is 0.217. The van der Waals surface area contributed by atoms with E-state index in [9.17, 15) is 14.9 Å². The van der Waals surface area contributed by atoms with Gasteiger partial charge in [-0.15, -0.1) is 0 Å². The van der Waals surface area contributed by atoms with E-state index in [-0.39, 0.29) is 30.7 Å². The van der Waals surface area contributed by atoms with Crippen molar-refractivity contribution in [2.75, 3.05) is 6.61 Å². The zero-order chi connectivity index (χ0) is 15.2. The molecular formula is C15H20N2O4. The third-order valence-corrected chi connectivity index (χ3v) is 3.96. The maximum absolute atomic E-state index is 12.0. The number of rotatable bonds is 5. The molecule has 2 rings (SSSR count). The maximum Gasteiger partial charge on any atom is 0.269 e. The van der Waals surface area contributed by atoms with Crippen molar-refractivity contribution < 1.29 is 14.8 Å². The molecule has 0 bridgehead atoms. The number of amides is 1. The topological polar surface area (TPSA) is 92.5 Å². The molecule has 1 aromatic rings. The molecule has 2 N–H and O–H groups in total. The molecule has 0 heterocycles. The molecule has 0 aliphatic heterocycles. The van der Waals surface area contributed by atoms with Crippen molar-refractivity contribution in [2.45, 2.75) is 38.1 Å². The highest BCUT2D eigenvalue weighted by Crippen LogP contribution is 2.23.